The third kappa shape index (κ3) is 3.34. The molecule has 3 nitrogen and oxygen atoms in total. The van der Waals surface area contributed by atoms with Gasteiger partial charge in [0.25, 0.3) is 0 Å². The van der Waals surface area contributed by atoms with Crippen molar-refractivity contribution in [1.82, 2.24) is 5.32 Å². The van der Waals surface area contributed by atoms with Crippen molar-refractivity contribution in [3.8, 4) is 5.75 Å². The van der Waals surface area contributed by atoms with Crippen molar-refractivity contribution < 1.29 is 9.50 Å². The number of nitrogens with one attached hydrogen (secondary N) is 1. The molecule has 1 aliphatic heterocycles. The summed E-state index contributed by atoms with van der Waals surface area (Å²) in [7, 11) is 0. The summed E-state index contributed by atoms with van der Waals surface area (Å²) in [6, 6.07) is 15.8. The first-order valence-corrected chi connectivity index (χ1v) is 9.03. The predicted molar refractivity (Wildman–Crippen MR) is 98.6 cm³/mol. The molecule has 2 aromatic carbocycles. The van der Waals surface area contributed by atoms with E-state index in [0.717, 1.165) is 22.4 Å². The van der Waals surface area contributed by atoms with Crippen molar-refractivity contribution in [2.24, 2.45) is 4.99 Å². The van der Waals surface area contributed by atoms with Crippen molar-refractivity contribution >= 4 is 17.0 Å². The highest BCUT2D eigenvalue weighted by Crippen LogP contribution is 2.33. The lowest BCUT2D eigenvalue weighted by atomic mass is 9.94. The number of nitrogens with zero attached hydrogens (tertiary/aromatic N) is 1. The second-order valence-electron chi connectivity index (χ2n) is 6.03. The van der Waals surface area contributed by atoms with Crippen LogP contribution in [-0.4, -0.2) is 10.8 Å². The molecular formula is C20H17FN2OS. The molecule has 4 rings (SSSR count). The number of rotatable bonds is 3. The maximum atomic E-state index is 13.3. The molecule has 0 spiro atoms. The van der Waals surface area contributed by atoms with E-state index in [-0.39, 0.29) is 23.8 Å². The Bertz CT molecular complexity index is 890. The molecule has 0 bridgehead atoms. The molecule has 1 aromatic heterocycles. The van der Waals surface area contributed by atoms with Gasteiger partial charge in [0.05, 0.1) is 5.71 Å². The van der Waals surface area contributed by atoms with Crippen LogP contribution in [-0.2, 0) is 0 Å². The summed E-state index contributed by atoms with van der Waals surface area (Å²) in [4.78, 5) is 4.83. The molecule has 1 aliphatic rings. The second kappa shape index (κ2) is 6.78. The summed E-state index contributed by atoms with van der Waals surface area (Å²) >= 11 is 1.62. The number of hydrogen-bond acceptors (Lipinski definition) is 4. The molecule has 0 fully saturated rings. The first-order chi connectivity index (χ1) is 12.2. The minimum atomic E-state index is -0.247. The van der Waals surface area contributed by atoms with Crippen LogP contribution in [0.4, 0.5) is 4.39 Å². The number of para-hydroxylation sites is 1. The maximum absolute atomic E-state index is 13.3. The molecule has 3 aromatic rings. The summed E-state index contributed by atoms with van der Waals surface area (Å²) in [6.45, 7) is 0. The van der Waals surface area contributed by atoms with E-state index >= 15 is 0 Å². The van der Waals surface area contributed by atoms with E-state index in [4.69, 9.17) is 4.99 Å². The minimum absolute atomic E-state index is 0.00222. The van der Waals surface area contributed by atoms with Crippen LogP contribution in [0.3, 0.4) is 0 Å². The number of aliphatic imine (C=N–C) groups is 1. The number of phenolic OH excluding ortho intramolecular Hbond substituents is 1. The molecule has 0 aliphatic carbocycles. The van der Waals surface area contributed by atoms with Crippen LogP contribution < -0.4 is 5.32 Å². The smallest absolute Gasteiger partial charge is 0.127 e. The largest absolute Gasteiger partial charge is 0.507 e. The molecule has 2 heterocycles. The number of thiophene rings is 1. The molecule has 2 N–H and O–H groups in total. The van der Waals surface area contributed by atoms with E-state index in [2.05, 4.69) is 10.7 Å². The third-order valence-electron chi connectivity index (χ3n) is 4.39. The van der Waals surface area contributed by atoms with Gasteiger partial charge in [0.15, 0.2) is 0 Å². The average Bonchev–Trinajstić information content (AvgIpc) is 3.17. The van der Waals surface area contributed by atoms with Crippen LogP contribution in [0.2, 0.25) is 0 Å². The zero-order valence-corrected chi connectivity index (χ0v) is 14.2. The molecule has 126 valence electrons. The first-order valence-electron chi connectivity index (χ1n) is 8.09. The minimum Gasteiger partial charge on any atom is -0.507 e. The normalized spacial score (nSPS) is 20.3. The Morgan fingerprint density at radius 2 is 1.84 bits per heavy atom. The van der Waals surface area contributed by atoms with Gasteiger partial charge in [-0.05, 0) is 46.7 Å². The molecule has 25 heavy (non-hydrogen) atoms. The van der Waals surface area contributed by atoms with Gasteiger partial charge in [0.2, 0.25) is 0 Å². The molecule has 2 atom stereocenters. The van der Waals surface area contributed by atoms with E-state index in [9.17, 15) is 9.50 Å². The molecule has 0 radical (unpaired) electrons. The SMILES string of the molecule is Oc1ccccc1C1=NC(c2ccsc2)NC(c2ccc(F)cc2)C1. The van der Waals surface area contributed by atoms with Gasteiger partial charge in [-0.25, -0.2) is 4.39 Å². The Morgan fingerprint density at radius 1 is 1.04 bits per heavy atom. The highest BCUT2D eigenvalue weighted by Gasteiger charge is 2.27. The van der Waals surface area contributed by atoms with Crippen molar-refractivity contribution in [2.45, 2.75) is 18.6 Å². The van der Waals surface area contributed by atoms with Crippen LogP contribution in [0.15, 0.2) is 70.3 Å². The first kappa shape index (κ1) is 16.0. The lowest BCUT2D eigenvalue weighted by Crippen LogP contribution is -2.32. The molecule has 5 heteroatoms. The topological polar surface area (TPSA) is 44.6 Å². The van der Waals surface area contributed by atoms with Gasteiger partial charge in [-0.3, -0.25) is 10.3 Å². The van der Waals surface area contributed by atoms with Gasteiger partial charge in [0, 0.05) is 23.6 Å². The van der Waals surface area contributed by atoms with Gasteiger partial charge < -0.3 is 5.11 Å². The Hall–Kier alpha value is -2.50. The molecule has 0 saturated heterocycles. The number of hydrogen-bond donors (Lipinski definition) is 2. The molecular weight excluding hydrogens is 335 g/mol. The fraction of sp³-hybridized carbons (Fsp3) is 0.150. The van der Waals surface area contributed by atoms with Gasteiger partial charge in [-0.1, -0.05) is 24.3 Å². The van der Waals surface area contributed by atoms with E-state index in [1.165, 1.54) is 12.1 Å². The van der Waals surface area contributed by atoms with Crippen molar-refractivity contribution in [1.29, 1.82) is 0 Å². The second-order valence-corrected chi connectivity index (χ2v) is 6.81. The van der Waals surface area contributed by atoms with Crippen LogP contribution >= 0.6 is 11.3 Å². The van der Waals surface area contributed by atoms with Crippen molar-refractivity contribution in [2.75, 3.05) is 0 Å². The maximum Gasteiger partial charge on any atom is 0.127 e. The summed E-state index contributed by atoms with van der Waals surface area (Å²) < 4.78 is 13.3. The lowest BCUT2D eigenvalue weighted by Gasteiger charge is -2.30. The summed E-state index contributed by atoms with van der Waals surface area (Å²) in [5, 5.41) is 17.8. The fourth-order valence-electron chi connectivity index (χ4n) is 3.10. The number of benzene rings is 2. The Balaban J connectivity index is 1.74. The third-order valence-corrected chi connectivity index (χ3v) is 5.09. The Morgan fingerprint density at radius 3 is 2.56 bits per heavy atom. The molecule has 0 amide bonds. The van der Waals surface area contributed by atoms with E-state index < -0.39 is 0 Å². The van der Waals surface area contributed by atoms with Gasteiger partial charge in [-0.2, -0.15) is 11.3 Å². The van der Waals surface area contributed by atoms with Crippen LogP contribution in [0.1, 0.15) is 35.3 Å². The van der Waals surface area contributed by atoms with Gasteiger partial charge in [0.1, 0.15) is 17.7 Å². The number of aromatic hydroxyl groups is 1. The molecule has 2 unspecified atom stereocenters. The summed E-state index contributed by atoms with van der Waals surface area (Å²) in [6.07, 6.45) is 0.439. The monoisotopic (exact) mass is 352 g/mol. The van der Waals surface area contributed by atoms with E-state index in [0.29, 0.717) is 6.42 Å². The van der Waals surface area contributed by atoms with E-state index in [1.807, 2.05) is 23.6 Å². The van der Waals surface area contributed by atoms with Crippen LogP contribution in [0.5, 0.6) is 5.75 Å². The van der Waals surface area contributed by atoms with Gasteiger partial charge >= 0.3 is 0 Å². The quantitative estimate of drug-likeness (QED) is 0.710. The highest BCUT2D eigenvalue weighted by molar-refractivity contribution is 7.07. The highest BCUT2D eigenvalue weighted by atomic mass is 32.1. The van der Waals surface area contributed by atoms with Crippen LogP contribution in [0, 0.1) is 5.82 Å². The fourth-order valence-corrected chi connectivity index (χ4v) is 3.78. The Labute approximate surface area is 149 Å². The predicted octanol–water partition coefficient (Wildman–Crippen LogP) is 4.82. The zero-order valence-electron chi connectivity index (χ0n) is 13.4. The van der Waals surface area contributed by atoms with Crippen molar-refractivity contribution in [3.63, 3.8) is 0 Å². The van der Waals surface area contributed by atoms with Gasteiger partial charge in [-0.15, -0.1) is 0 Å². The summed E-state index contributed by atoms with van der Waals surface area (Å²) in [5.41, 5.74) is 3.69. The Kier molecular flexibility index (Phi) is 4.34. The number of phenols is 1. The summed E-state index contributed by atoms with van der Waals surface area (Å²) in [5.74, 6) is -0.0198. The zero-order chi connectivity index (χ0) is 17.2. The van der Waals surface area contributed by atoms with Crippen molar-refractivity contribution in [3.05, 3.63) is 87.9 Å². The number of halogens is 1. The molecule has 0 saturated carbocycles. The van der Waals surface area contributed by atoms with Crippen LogP contribution in [0.25, 0.3) is 0 Å². The van der Waals surface area contributed by atoms with E-state index in [1.54, 1.807) is 35.6 Å². The standard InChI is InChI=1S/C20H17FN2OS/c21-15-7-5-13(6-8-15)17-11-18(16-3-1-2-4-19(16)24)23-20(22-17)14-9-10-25-12-14/h1-10,12,17,20,22,24H,11H2. The lowest BCUT2D eigenvalue weighted by molar-refractivity contribution is 0.439. The average molecular weight is 352 g/mol.